The van der Waals surface area contributed by atoms with Crippen LogP contribution in [0.4, 0.5) is 11.4 Å². The molecular formula is C54H37NO2. The largest absolute Gasteiger partial charge is 0.455 e. The van der Waals surface area contributed by atoms with E-state index in [1.54, 1.807) is 0 Å². The van der Waals surface area contributed by atoms with Gasteiger partial charge in [0.2, 0.25) is 0 Å². The second-order valence-corrected chi connectivity index (χ2v) is 14.7. The number of benzene rings is 9. The number of allylic oxidation sites excluding steroid dienone is 3. The first-order chi connectivity index (χ1) is 28.2. The second-order valence-electron chi connectivity index (χ2n) is 14.7. The molecule has 57 heavy (non-hydrogen) atoms. The van der Waals surface area contributed by atoms with Crippen molar-refractivity contribution in [2.45, 2.75) is 13.3 Å². The second kappa shape index (κ2) is 13.4. The van der Waals surface area contributed by atoms with Gasteiger partial charge in [-0.2, -0.15) is 0 Å². The van der Waals surface area contributed by atoms with Gasteiger partial charge in [0.05, 0.1) is 11.4 Å². The molecule has 11 aromatic rings. The third-order valence-electron chi connectivity index (χ3n) is 11.5. The molecule has 270 valence electrons. The van der Waals surface area contributed by atoms with Crippen molar-refractivity contribution in [3.05, 3.63) is 205 Å². The maximum absolute atomic E-state index is 6.71. The molecule has 0 aliphatic heterocycles. The van der Waals surface area contributed by atoms with Crippen LogP contribution in [0.3, 0.4) is 0 Å². The van der Waals surface area contributed by atoms with Crippen molar-refractivity contribution in [3.8, 4) is 11.1 Å². The van der Waals surface area contributed by atoms with Gasteiger partial charge >= 0.3 is 0 Å². The average Bonchev–Trinajstić information content (AvgIpc) is 3.85. The van der Waals surface area contributed by atoms with E-state index in [2.05, 4.69) is 200 Å². The molecule has 0 saturated carbocycles. The summed E-state index contributed by atoms with van der Waals surface area (Å²) in [6.07, 6.45) is 7.55. The first-order valence-electron chi connectivity index (χ1n) is 19.6. The molecule has 0 radical (unpaired) electrons. The van der Waals surface area contributed by atoms with E-state index in [4.69, 9.17) is 8.83 Å². The Hall–Kier alpha value is -7.36. The molecule has 0 aliphatic carbocycles. The lowest BCUT2D eigenvalue weighted by atomic mass is 9.95. The fraction of sp³-hybridized carbons (Fsp3) is 0.0370. The molecule has 0 amide bonds. The normalized spacial score (nSPS) is 12.4. The van der Waals surface area contributed by atoms with Crippen molar-refractivity contribution < 1.29 is 8.83 Å². The van der Waals surface area contributed by atoms with Crippen molar-refractivity contribution in [2.75, 3.05) is 4.90 Å². The summed E-state index contributed by atoms with van der Waals surface area (Å²) < 4.78 is 13.2. The molecule has 0 N–H and O–H groups in total. The van der Waals surface area contributed by atoms with Crippen LogP contribution in [-0.4, -0.2) is 0 Å². The number of nitrogens with zero attached hydrogens (tertiary/aromatic N) is 1. The first kappa shape index (κ1) is 33.0. The molecule has 0 fully saturated rings. The summed E-state index contributed by atoms with van der Waals surface area (Å²) in [6, 6.07) is 62.6. The number of furan rings is 2. The van der Waals surface area contributed by atoms with Crippen LogP contribution in [0.1, 0.15) is 12.5 Å². The Balaban J connectivity index is 1.08. The van der Waals surface area contributed by atoms with E-state index in [0.29, 0.717) is 0 Å². The Kier molecular flexibility index (Phi) is 7.78. The molecule has 0 aliphatic rings. The molecule has 0 saturated heterocycles. The zero-order valence-corrected chi connectivity index (χ0v) is 31.4. The summed E-state index contributed by atoms with van der Waals surface area (Å²) >= 11 is 0. The number of fused-ring (bicyclic) bond motifs is 11. The van der Waals surface area contributed by atoms with E-state index in [-0.39, 0.29) is 0 Å². The van der Waals surface area contributed by atoms with Gasteiger partial charge < -0.3 is 13.7 Å². The highest BCUT2D eigenvalue weighted by Gasteiger charge is 2.23. The molecular weight excluding hydrogens is 695 g/mol. The predicted molar refractivity (Wildman–Crippen MR) is 241 cm³/mol. The number of anilines is 2. The number of hydrogen-bond donors (Lipinski definition) is 0. The summed E-state index contributed by atoms with van der Waals surface area (Å²) in [4.78, 5) is 2.36. The summed E-state index contributed by atoms with van der Waals surface area (Å²) in [5.41, 5.74) is 10.1. The maximum Gasteiger partial charge on any atom is 0.159 e. The molecule has 11 rings (SSSR count). The average molecular weight is 732 g/mol. The Morgan fingerprint density at radius 2 is 1.12 bits per heavy atom. The Morgan fingerprint density at radius 3 is 2.00 bits per heavy atom. The third kappa shape index (κ3) is 5.43. The van der Waals surface area contributed by atoms with E-state index in [1.807, 2.05) is 6.07 Å². The van der Waals surface area contributed by atoms with Gasteiger partial charge in [0.15, 0.2) is 5.58 Å². The number of para-hydroxylation sites is 3. The zero-order chi connectivity index (χ0) is 37.9. The van der Waals surface area contributed by atoms with E-state index < -0.39 is 0 Å². The van der Waals surface area contributed by atoms with E-state index in [1.165, 1.54) is 32.5 Å². The molecule has 3 nitrogen and oxygen atoms in total. The number of hydrogen-bond acceptors (Lipinski definition) is 3. The van der Waals surface area contributed by atoms with Crippen LogP contribution < -0.4 is 4.90 Å². The summed E-state index contributed by atoms with van der Waals surface area (Å²) in [5.74, 6) is 0. The number of rotatable bonds is 7. The highest BCUT2D eigenvalue weighted by atomic mass is 16.3. The monoisotopic (exact) mass is 731 g/mol. The van der Waals surface area contributed by atoms with Crippen molar-refractivity contribution in [3.63, 3.8) is 0 Å². The van der Waals surface area contributed by atoms with Crippen LogP contribution in [-0.2, 0) is 6.42 Å². The molecule has 0 unspecified atom stereocenters. The van der Waals surface area contributed by atoms with Crippen molar-refractivity contribution >= 4 is 87.6 Å². The van der Waals surface area contributed by atoms with Gasteiger partial charge in [-0.1, -0.05) is 152 Å². The minimum Gasteiger partial charge on any atom is -0.455 e. The van der Waals surface area contributed by atoms with Crippen LogP contribution in [0.5, 0.6) is 0 Å². The first-order valence-corrected chi connectivity index (χ1v) is 19.6. The molecule has 2 aromatic heterocycles. The van der Waals surface area contributed by atoms with Crippen LogP contribution >= 0.6 is 0 Å². The molecule has 0 spiro atoms. The topological polar surface area (TPSA) is 29.5 Å². The zero-order valence-electron chi connectivity index (χ0n) is 31.4. The lowest BCUT2D eigenvalue weighted by Crippen LogP contribution is -2.16. The lowest BCUT2D eigenvalue weighted by Gasteiger charge is -2.28. The van der Waals surface area contributed by atoms with Crippen LogP contribution in [0.25, 0.3) is 87.3 Å². The summed E-state index contributed by atoms with van der Waals surface area (Å²) in [6.45, 7) is 2.12. The highest BCUT2D eigenvalue weighted by Crippen LogP contribution is 2.45. The van der Waals surface area contributed by atoms with Crippen LogP contribution in [0.2, 0.25) is 0 Å². The van der Waals surface area contributed by atoms with Crippen molar-refractivity contribution in [1.82, 2.24) is 0 Å². The molecule has 2 heterocycles. The van der Waals surface area contributed by atoms with E-state index in [9.17, 15) is 0 Å². The van der Waals surface area contributed by atoms with Crippen molar-refractivity contribution in [2.24, 2.45) is 0 Å². The Morgan fingerprint density at radius 1 is 0.474 bits per heavy atom. The van der Waals surface area contributed by atoms with Crippen molar-refractivity contribution in [1.29, 1.82) is 0 Å². The highest BCUT2D eigenvalue weighted by molar-refractivity contribution is 6.16. The third-order valence-corrected chi connectivity index (χ3v) is 11.5. The fourth-order valence-electron chi connectivity index (χ4n) is 8.81. The molecule has 3 heteroatoms. The van der Waals surface area contributed by atoms with Gasteiger partial charge in [0, 0.05) is 38.2 Å². The predicted octanol–water partition coefficient (Wildman–Crippen LogP) is 15.5. The standard InChI is InChI=1S/C54H37NO2/c1-2-39(18-13-17-37-33-36-16-4-5-19-40(36)44-23-8-7-20-41(37)44)55(50-27-14-25-46-45-24-10-12-28-51(45)57-54(46)50)49-26-11-9-21-42(49)38-30-32-52-48(34-38)47-31-29-35-15-3-6-22-43(35)53(47)56-52/h2-16,18-34H,17H2,1H3/b18-13-,39-2+. The van der Waals surface area contributed by atoms with Gasteiger partial charge in [-0.15, -0.1) is 0 Å². The van der Waals surface area contributed by atoms with E-state index >= 15 is 0 Å². The Bertz CT molecular complexity index is 3410. The summed E-state index contributed by atoms with van der Waals surface area (Å²) in [5, 5.41) is 11.8. The van der Waals surface area contributed by atoms with Crippen LogP contribution in [0, 0.1) is 0 Å². The molecule has 0 bridgehead atoms. The van der Waals surface area contributed by atoms with Gasteiger partial charge in [0.25, 0.3) is 0 Å². The summed E-state index contributed by atoms with van der Waals surface area (Å²) in [7, 11) is 0. The molecule has 0 atom stereocenters. The minimum atomic E-state index is 0.784. The van der Waals surface area contributed by atoms with E-state index in [0.717, 1.165) is 83.9 Å². The smallest absolute Gasteiger partial charge is 0.159 e. The van der Waals surface area contributed by atoms with Gasteiger partial charge in [0.1, 0.15) is 16.7 Å². The minimum absolute atomic E-state index is 0.784. The quantitative estimate of drug-likeness (QED) is 0.121. The van der Waals surface area contributed by atoms with Gasteiger partial charge in [-0.3, -0.25) is 0 Å². The molecule has 9 aromatic carbocycles. The van der Waals surface area contributed by atoms with Gasteiger partial charge in [-0.05, 0) is 93.9 Å². The fourth-order valence-corrected chi connectivity index (χ4v) is 8.81. The maximum atomic E-state index is 6.71. The van der Waals surface area contributed by atoms with Gasteiger partial charge in [-0.25, -0.2) is 0 Å². The van der Waals surface area contributed by atoms with Crippen LogP contribution in [0.15, 0.2) is 209 Å². The SMILES string of the molecule is C/C=C(\C=C/Cc1cc2ccccc2c2ccccc12)N(c1ccccc1-c1ccc2oc3c4ccccc4ccc3c2c1)c1cccc2c1oc1ccccc12. The lowest BCUT2D eigenvalue weighted by molar-refractivity contribution is 0.669. The Labute approximate surface area is 330 Å².